The predicted molar refractivity (Wildman–Crippen MR) is 84.1 cm³/mol. The molecular formula is C16H25N3O2. The maximum Gasteiger partial charge on any atom is 0.222 e. The summed E-state index contributed by atoms with van der Waals surface area (Å²) in [7, 11) is 5.48. The van der Waals surface area contributed by atoms with Crippen LogP contribution < -0.4 is 0 Å². The number of hydrogen-bond acceptors (Lipinski definition) is 4. The molecule has 0 N–H and O–H groups in total. The minimum Gasteiger partial charge on any atom is -0.495 e. The zero-order valence-corrected chi connectivity index (χ0v) is 13.4. The fourth-order valence-corrected chi connectivity index (χ4v) is 2.18. The van der Waals surface area contributed by atoms with Gasteiger partial charge in [-0.15, -0.1) is 6.42 Å². The third kappa shape index (κ3) is 5.07. The van der Waals surface area contributed by atoms with E-state index in [1.165, 1.54) is 0 Å². The number of nitrogens with zero attached hydrogens (tertiary/aromatic N) is 3. The van der Waals surface area contributed by atoms with E-state index in [4.69, 9.17) is 11.2 Å². The molecule has 0 radical (unpaired) electrons. The van der Waals surface area contributed by atoms with Gasteiger partial charge in [0.15, 0.2) is 0 Å². The lowest BCUT2D eigenvalue weighted by Crippen LogP contribution is -2.47. The topological polar surface area (TPSA) is 36.0 Å². The highest BCUT2D eigenvalue weighted by Crippen LogP contribution is 2.13. The number of methoxy groups -OCH3 is 1. The SMILES string of the molecule is C#C/C(=C\C(=C/N(C)C)OC)N1CCN(C(=O)CC)CC1. The third-order valence-corrected chi connectivity index (χ3v) is 3.32. The Morgan fingerprint density at radius 1 is 1.29 bits per heavy atom. The summed E-state index contributed by atoms with van der Waals surface area (Å²) in [6.07, 6.45) is 9.90. The molecule has 21 heavy (non-hydrogen) atoms. The van der Waals surface area contributed by atoms with Crippen LogP contribution in [0, 0.1) is 12.3 Å². The number of carbonyl (C=O) groups is 1. The van der Waals surface area contributed by atoms with Crippen molar-refractivity contribution in [2.75, 3.05) is 47.4 Å². The Labute approximate surface area is 127 Å². The van der Waals surface area contributed by atoms with Crippen LogP contribution in [0.1, 0.15) is 13.3 Å². The first kappa shape index (κ1) is 17.0. The average molecular weight is 291 g/mol. The monoisotopic (exact) mass is 291 g/mol. The highest BCUT2D eigenvalue weighted by atomic mass is 16.5. The molecule has 1 heterocycles. The van der Waals surface area contributed by atoms with E-state index >= 15 is 0 Å². The molecule has 1 saturated heterocycles. The molecule has 116 valence electrons. The Morgan fingerprint density at radius 3 is 2.29 bits per heavy atom. The summed E-state index contributed by atoms with van der Waals surface area (Å²) in [4.78, 5) is 17.6. The van der Waals surface area contributed by atoms with Crippen molar-refractivity contribution >= 4 is 5.91 Å². The van der Waals surface area contributed by atoms with E-state index in [9.17, 15) is 4.79 Å². The van der Waals surface area contributed by atoms with Crippen molar-refractivity contribution in [2.45, 2.75) is 13.3 Å². The van der Waals surface area contributed by atoms with Gasteiger partial charge in [-0.05, 0) is 0 Å². The highest BCUT2D eigenvalue weighted by molar-refractivity contribution is 5.75. The number of ether oxygens (including phenoxy) is 1. The van der Waals surface area contributed by atoms with Crippen molar-refractivity contribution in [2.24, 2.45) is 0 Å². The van der Waals surface area contributed by atoms with Crippen molar-refractivity contribution in [3.05, 3.63) is 23.7 Å². The molecule has 5 nitrogen and oxygen atoms in total. The maximum absolute atomic E-state index is 11.7. The zero-order valence-electron chi connectivity index (χ0n) is 13.4. The third-order valence-electron chi connectivity index (χ3n) is 3.32. The minimum atomic E-state index is 0.200. The first-order chi connectivity index (χ1) is 10.0. The Morgan fingerprint density at radius 2 is 1.86 bits per heavy atom. The minimum absolute atomic E-state index is 0.200. The van der Waals surface area contributed by atoms with E-state index in [0.717, 1.165) is 18.8 Å². The van der Waals surface area contributed by atoms with Gasteiger partial charge in [0.1, 0.15) is 5.76 Å². The van der Waals surface area contributed by atoms with Crippen LogP contribution in [0.15, 0.2) is 23.7 Å². The van der Waals surface area contributed by atoms with Gasteiger partial charge < -0.3 is 19.4 Å². The molecule has 5 heteroatoms. The highest BCUT2D eigenvalue weighted by Gasteiger charge is 2.20. The van der Waals surface area contributed by atoms with E-state index in [0.29, 0.717) is 25.3 Å². The summed E-state index contributed by atoms with van der Waals surface area (Å²) < 4.78 is 5.32. The molecule has 1 aliphatic heterocycles. The summed E-state index contributed by atoms with van der Waals surface area (Å²) in [5, 5.41) is 0. The van der Waals surface area contributed by atoms with Crippen LogP contribution in [0.5, 0.6) is 0 Å². The molecule has 1 aliphatic rings. The van der Waals surface area contributed by atoms with Gasteiger partial charge in [0, 0.05) is 59.0 Å². The molecule has 0 spiro atoms. The molecule has 1 rings (SSSR count). The van der Waals surface area contributed by atoms with Gasteiger partial charge in [-0.1, -0.05) is 12.8 Å². The van der Waals surface area contributed by atoms with Gasteiger partial charge in [-0.3, -0.25) is 4.79 Å². The Balaban J connectivity index is 2.75. The summed E-state index contributed by atoms with van der Waals surface area (Å²) in [6.45, 7) is 4.82. The molecule has 1 fully saturated rings. The fourth-order valence-electron chi connectivity index (χ4n) is 2.18. The van der Waals surface area contributed by atoms with E-state index in [2.05, 4.69) is 10.8 Å². The van der Waals surface area contributed by atoms with Crippen LogP contribution in [-0.4, -0.2) is 68.0 Å². The Hall–Kier alpha value is -2.09. The zero-order chi connectivity index (χ0) is 15.8. The summed E-state index contributed by atoms with van der Waals surface area (Å²) in [6, 6.07) is 0. The first-order valence-electron chi connectivity index (χ1n) is 7.15. The number of carbonyl (C=O) groups excluding carboxylic acids is 1. The smallest absolute Gasteiger partial charge is 0.222 e. The summed E-state index contributed by atoms with van der Waals surface area (Å²) >= 11 is 0. The van der Waals surface area contributed by atoms with Gasteiger partial charge in [0.2, 0.25) is 5.91 Å². The van der Waals surface area contributed by atoms with E-state index in [-0.39, 0.29) is 5.91 Å². The normalized spacial score (nSPS) is 16.5. The maximum atomic E-state index is 11.7. The van der Waals surface area contributed by atoms with Crippen LogP contribution in [0.2, 0.25) is 0 Å². The number of hydrogen-bond donors (Lipinski definition) is 0. The van der Waals surface area contributed by atoms with Crippen LogP contribution in [-0.2, 0) is 9.53 Å². The quantitative estimate of drug-likeness (QED) is 0.432. The number of rotatable bonds is 5. The van der Waals surface area contributed by atoms with Crippen molar-refractivity contribution in [1.82, 2.24) is 14.7 Å². The largest absolute Gasteiger partial charge is 0.495 e. The van der Waals surface area contributed by atoms with Crippen molar-refractivity contribution in [3.8, 4) is 12.3 Å². The molecule has 0 unspecified atom stereocenters. The molecule has 0 atom stereocenters. The number of allylic oxidation sites excluding steroid dienone is 2. The van der Waals surface area contributed by atoms with Crippen molar-refractivity contribution < 1.29 is 9.53 Å². The molecule has 0 saturated carbocycles. The van der Waals surface area contributed by atoms with Crippen LogP contribution >= 0.6 is 0 Å². The van der Waals surface area contributed by atoms with E-state index < -0.39 is 0 Å². The molecule has 1 amide bonds. The van der Waals surface area contributed by atoms with Crippen molar-refractivity contribution in [3.63, 3.8) is 0 Å². The molecular weight excluding hydrogens is 266 g/mol. The number of terminal acetylenes is 1. The Bertz CT molecular complexity index is 453. The lowest BCUT2D eigenvalue weighted by atomic mass is 10.2. The fraction of sp³-hybridized carbons (Fsp3) is 0.562. The van der Waals surface area contributed by atoms with Gasteiger partial charge in [0.05, 0.1) is 12.8 Å². The van der Waals surface area contributed by atoms with Crippen LogP contribution in [0.3, 0.4) is 0 Å². The second kappa shape index (κ2) is 8.25. The van der Waals surface area contributed by atoms with Gasteiger partial charge in [-0.2, -0.15) is 0 Å². The van der Waals surface area contributed by atoms with Crippen LogP contribution in [0.4, 0.5) is 0 Å². The summed E-state index contributed by atoms with van der Waals surface area (Å²) in [5.41, 5.74) is 0.786. The number of amides is 1. The van der Waals surface area contributed by atoms with E-state index in [1.54, 1.807) is 7.11 Å². The second-order valence-corrected chi connectivity index (χ2v) is 5.09. The first-order valence-corrected chi connectivity index (χ1v) is 7.15. The molecule has 0 aromatic carbocycles. The standard InChI is InChI=1S/C16H25N3O2/c1-6-14(12-15(21-5)13-17(3)4)18-8-10-19(11-9-18)16(20)7-2/h1,12-13H,7-11H2,2-5H3/b14-12+,15-13+. The van der Waals surface area contributed by atoms with Crippen molar-refractivity contribution in [1.29, 1.82) is 0 Å². The van der Waals surface area contributed by atoms with Crippen LogP contribution in [0.25, 0.3) is 0 Å². The lowest BCUT2D eigenvalue weighted by molar-refractivity contribution is -0.132. The number of piperazine rings is 1. The second-order valence-electron chi connectivity index (χ2n) is 5.09. The predicted octanol–water partition coefficient (Wildman–Crippen LogP) is 1.11. The molecule has 0 aromatic heterocycles. The summed E-state index contributed by atoms with van der Waals surface area (Å²) in [5.74, 6) is 3.62. The molecule has 0 aliphatic carbocycles. The van der Waals surface area contributed by atoms with E-state index in [1.807, 2.05) is 43.1 Å². The Kier molecular flexibility index (Phi) is 6.67. The lowest BCUT2D eigenvalue weighted by Gasteiger charge is -2.36. The average Bonchev–Trinajstić information content (AvgIpc) is 2.50. The van der Waals surface area contributed by atoms with Gasteiger partial charge in [0.25, 0.3) is 0 Å². The molecule has 0 bridgehead atoms. The van der Waals surface area contributed by atoms with Gasteiger partial charge in [-0.25, -0.2) is 0 Å². The molecule has 0 aromatic rings. The van der Waals surface area contributed by atoms with Gasteiger partial charge >= 0.3 is 0 Å².